The molecular weight excluding hydrogens is 458 g/mol. The van der Waals surface area contributed by atoms with Crippen molar-refractivity contribution in [3.05, 3.63) is 59.7 Å². The van der Waals surface area contributed by atoms with Gasteiger partial charge in [0.05, 0.1) is 29.2 Å². The van der Waals surface area contributed by atoms with Gasteiger partial charge in [-0.15, -0.1) is 0 Å². The highest BCUT2D eigenvalue weighted by Gasteiger charge is 2.36. The lowest BCUT2D eigenvalue weighted by Gasteiger charge is -2.19. The molecule has 0 bridgehead atoms. The molecule has 2 aliphatic rings. The number of benzene rings is 2. The van der Waals surface area contributed by atoms with Gasteiger partial charge in [-0.3, -0.25) is 9.59 Å². The van der Waals surface area contributed by atoms with Crippen LogP contribution in [0.25, 0.3) is 0 Å². The first-order chi connectivity index (χ1) is 16.3. The molecule has 0 aromatic heterocycles. The summed E-state index contributed by atoms with van der Waals surface area (Å²) in [6, 6.07) is 13.1. The second-order valence-corrected chi connectivity index (χ2v) is 10.3. The molecule has 2 fully saturated rings. The van der Waals surface area contributed by atoms with Gasteiger partial charge in [-0.25, -0.2) is 13.2 Å². The van der Waals surface area contributed by atoms with E-state index in [1.54, 1.807) is 48.5 Å². The lowest BCUT2D eigenvalue weighted by atomic mass is 10.1. The molecule has 2 heterocycles. The first kappa shape index (κ1) is 23.9. The van der Waals surface area contributed by atoms with E-state index in [4.69, 9.17) is 4.74 Å². The fourth-order valence-electron chi connectivity index (χ4n) is 4.30. The zero-order valence-corrected chi connectivity index (χ0v) is 19.7. The summed E-state index contributed by atoms with van der Waals surface area (Å²) in [5.41, 5.74) is 1.44. The normalized spacial score (nSPS) is 18.8. The van der Waals surface area contributed by atoms with Crippen LogP contribution in [0, 0.1) is 5.92 Å². The number of hydrogen-bond donors (Lipinski definition) is 1. The minimum atomic E-state index is -3.48. The number of ether oxygens (including phenoxy) is 1. The number of sulfonamides is 1. The fraction of sp³-hybridized carbons (Fsp3) is 0.375. The Kier molecular flexibility index (Phi) is 6.99. The summed E-state index contributed by atoms with van der Waals surface area (Å²) in [7, 11) is -2.21. The second-order valence-electron chi connectivity index (χ2n) is 8.39. The molecule has 9 nitrogen and oxygen atoms in total. The first-order valence-corrected chi connectivity index (χ1v) is 12.6. The smallest absolute Gasteiger partial charge is 0.339 e. The lowest BCUT2D eigenvalue weighted by molar-refractivity contribution is -0.126. The number of carbonyl (C=O) groups excluding carboxylic acids is 3. The van der Waals surface area contributed by atoms with Crippen LogP contribution in [-0.2, 0) is 30.9 Å². The zero-order chi connectivity index (χ0) is 24.3. The molecule has 180 valence electrons. The molecule has 2 aliphatic heterocycles. The van der Waals surface area contributed by atoms with Gasteiger partial charge in [-0.1, -0.05) is 24.3 Å². The zero-order valence-electron chi connectivity index (χ0n) is 18.9. The van der Waals surface area contributed by atoms with Crippen LogP contribution in [0.2, 0.25) is 0 Å². The van der Waals surface area contributed by atoms with Crippen molar-refractivity contribution in [3.8, 4) is 0 Å². The maximum Gasteiger partial charge on any atom is 0.339 e. The summed E-state index contributed by atoms with van der Waals surface area (Å²) in [6.45, 7) is 1.46. The van der Waals surface area contributed by atoms with Crippen LogP contribution in [0.3, 0.4) is 0 Å². The number of hydrogen-bond acceptors (Lipinski definition) is 6. The van der Waals surface area contributed by atoms with Crippen LogP contribution in [0.4, 0.5) is 5.69 Å². The van der Waals surface area contributed by atoms with Crippen molar-refractivity contribution in [2.75, 3.05) is 31.6 Å². The minimum Gasteiger partial charge on any atom is -0.465 e. The van der Waals surface area contributed by atoms with Crippen molar-refractivity contribution < 1.29 is 27.5 Å². The van der Waals surface area contributed by atoms with Gasteiger partial charge in [0.15, 0.2) is 0 Å². The summed E-state index contributed by atoms with van der Waals surface area (Å²) in [4.78, 5) is 39.1. The van der Waals surface area contributed by atoms with E-state index >= 15 is 0 Å². The molecule has 10 heteroatoms. The SMILES string of the molecule is COC(=O)c1ccccc1N1CC(C(=O)NCc2ccc(S(=O)(=O)N3CCCC3)cc2)CC1=O. The molecule has 1 unspecified atom stereocenters. The number of methoxy groups -OCH3 is 1. The molecule has 34 heavy (non-hydrogen) atoms. The van der Waals surface area contributed by atoms with E-state index in [0.29, 0.717) is 18.8 Å². The van der Waals surface area contributed by atoms with E-state index < -0.39 is 21.9 Å². The lowest BCUT2D eigenvalue weighted by Crippen LogP contribution is -2.33. The van der Waals surface area contributed by atoms with Crippen molar-refractivity contribution in [3.63, 3.8) is 0 Å². The Morgan fingerprint density at radius 2 is 1.74 bits per heavy atom. The molecule has 0 saturated carbocycles. The number of anilines is 1. The van der Waals surface area contributed by atoms with Crippen molar-refractivity contribution in [2.24, 2.45) is 5.92 Å². The van der Waals surface area contributed by atoms with Crippen LogP contribution in [0.15, 0.2) is 53.4 Å². The second kappa shape index (κ2) is 9.94. The number of amides is 2. The summed E-state index contributed by atoms with van der Waals surface area (Å²) >= 11 is 0. The highest BCUT2D eigenvalue weighted by Crippen LogP contribution is 2.29. The van der Waals surface area contributed by atoms with Crippen molar-refractivity contribution in [1.29, 1.82) is 0 Å². The van der Waals surface area contributed by atoms with Gasteiger partial charge in [-0.2, -0.15) is 4.31 Å². The highest BCUT2D eigenvalue weighted by molar-refractivity contribution is 7.89. The van der Waals surface area contributed by atoms with Crippen LogP contribution in [0.1, 0.15) is 35.2 Å². The summed E-state index contributed by atoms with van der Waals surface area (Å²) in [5.74, 6) is -1.63. The van der Waals surface area contributed by atoms with Crippen molar-refractivity contribution in [2.45, 2.75) is 30.7 Å². The molecule has 0 radical (unpaired) electrons. The summed E-state index contributed by atoms with van der Waals surface area (Å²) < 4.78 is 31.6. The molecule has 2 saturated heterocycles. The maximum absolute atomic E-state index is 12.7. The summed E-state index contributed by atoms with van der Waals surface area (Å²) in [6.07, 6.45) is 1.78. The molecule has 2 aromatic rings. The van der Waals surface area contributed by atoms with Crippen LogP contribution in [0.5, 0.6) is 0 Å². The Hall–Kier alpha value is -3.24. The molecule has 1 N–H and O–H groups in total. The Balaban J connectivity index is 1.37. The Morgan fingerprint density at radius 1 is 1.06 bits per heavy atom. The Labute approximate surface area is 198 Å². The van der Waals surface area contributed by atoms with Gasteiger partial charge >= 0.3 is 5.97 Å². The van der Waals surface area contributed by atoms with Gasteiger partial charge in [-0.05, 0) is 42.7 Å². The van der Waals surface area contributed by atoms with E-state index in [9.17, 15) is 22.8 Å². The van der Waals surface area contributed by atoms with Gasteiger partial charge in [0, 0.05) is 32.6 Å². The van der Waals surface area contributed by atoms with E-state index in [1.165, 1.54) is 16.3 Å². The van der Waals surface area contributed by atoms with Crippen LogP contribution < -0.4 is 10.2 Å². The minimum absolute atomic E-state index is 0.0361. The predicted molar refractivity (Wildman–Crippen MR) is 125 cm³/mol. The quantitative estimate of drug-likeness (QED) is 0.600. The van der Waals surface area contributed by atoms with Gasteiger partial charge in [0.2, 0.25) is 21.8 Å². The van der Waals surface area contributed by atoms with Gasteiger partial charge in [0.25, 0.3) is 0 Å². The number of carbonyl (C=O) groups is 3. The van der Waals surface area contributed by atoms with Gasteiger partial charge in [0.1, 0.15) is 0 Å². The molecular formula is C24H27N3O6S. The van der Waals surface area contributed by atoms with Crippen LogP contribution in [-0.4, -0.2) is 57.3 Å². The van der Waals surface area contributed by atoms with Crippen molar-refractivity contribution >= 4 is 33.5 Å². The molecule has 4 rings (SSSR count). The van der Waals surface area contributed by atoms with E-state index in [0.717, 1.165) is 18.4 Å². The predicted octanol–water partition coefficient (Wildman–Crippen LogP) is 1.93. The molecule has 2 amide bonds. The Bertz CT molecular complexity index is 1190. The number of nitrogens with zero attached hydrogens (tertiary/aromatic N) is 2. The fourth-order valence-corrected chi connectivity index (χ4v) is 5.82. The Morgan fingerprint density at radius 3 is 2.41 bits per heavy atom. The molecule has 2 aromatic carbocycles. The van der Waals surface area contributed by atoms with Crippen LogP contribution >= 0.6 is 0 Å². The molecule has 0 spiro atoms. The third-order valence-electron chi connectivity index (χ3n) is 6.19. The standard InChI is InChI=1S/C24H27N3O6S/c1-33-24(30)20-6-2-3-7-21(20)27-16-18(14-22(27)28)23(29)25-15-17-8-10-19(11-9-17)34(31,32)26-12-4-5-13-26/h2-3,6-11,18H,4-5,12-16H2,1H3,(H,25,29). The number of para-hydroxylation sites is 1. The maximum atomic E-state index is 12.7. The van der Waals surface area contributed by atoms with E-state index in [2.05, 4.69) is 5.32 Å². The molecule has 0 aliphatic carbocycles. The average molecular weight is 486 g/mol. The van der Waals surface area contributed by atoms with E-state index in [1.807, 2.05) is 0 Å². The number of nitrogens with one attached hydrogen (secondary N) is 1. The van der Waals surface area contributed by atoms with E-state index in [-0.39, 0.29) is 41.8 Å². The highest BCUT2D eigenvalue weighted by atomic mass is 32.2. The third kappa shape index (κ3) is 4.83. The first-order valence-electron chi connectivity index (χ1n) is 11.2. The average Bonchev–Trinajstić information content (AvgIpc) is 3.53. The molecule has 1 atom stereocenters. The van der Waals surface area contributed by atoms with Gasteiger partial charge < -0.3 is 15.0 Å². The number of esters is 1. The summed E-state index contributed by atoms with van der Waals surface area (Å²) in [5, 5.41) is 2.83. The van der Waals surface area contributed by atoms with Crippen molar-refractivity contribution in [1.82, 2.24) is 9.62 Å². The largest absolute Gasteiger partial charge is 0.465 e. The topological polar surface area (TPSA) is 113 Å². The number of rotatable bonds is 7. The monoisotopic (exact) mass is 485 g/mol. The third-order valence-corrected chi connectivity index (χ3v) is 8.10.